The number of halogens is 3. The number of hydrogen-bond donors (Lipinski definition) is 3. The summed E-state index contributed by atoms with van der Waals surface area (Å²) in [5.74, 6) is -0.473. The maximum atomic E-state index is 13.0. The summed E-state index contributed by atoms with van der Waals surface area (Å²) in [7, 11) is 1.46. The second kappa shape index (κ2) is 10.2. The van der Waals surface area contributed by atoms with Crippen LogP contribution in [0.3, 0.4) is 0 Å². The van der Waals surface area contributed by atoms with Crippen LogP contribution in [-0.4, -0.2) is 42.3 Å². The number of alkyl halides is 3. The minimum absolute atomic E-state index is 0.0525. The van der Waals surface area contributed by atoms with Crippen molar-refractivity contribution in [2.24, 2.45) is 7.05 Å². The summed E-state index contributed by atoms with van der Waals surface area (Å²) >= 11 is 0. The highest BCUT2D eigenvalue weighted by molar-refractivity contribution is 5.91. The minimum atomic E-state index is -4.58. The van der Waals surface area contributed by atoms with E-state index >= 15 is 0 Å². The molecule has 38 heavy (non-hydrogen) atoms. The maximum absolute atomic E-state index is 13.0. The van der Waals surface area contributed by atoms with E-state index in [-0.39, 0.29) is 59.3 Å². The molecule has 0 bridgehead atoms. The zero-order chi connectivity index (χ0) is 27.8. The molecule has 15 heteroatoms. The number of aryl methyl sites for hydroxylation is 1. The fourth-order valence-corrected chi connectivity index (χ4v) is 3.90. The number of Topliss-reactive ketones (excluding diaryl/α,β-unsaturated/α-hetero) is 1. The highest BCUT2D eigenvalue weighted by Gasteiger charge is 2.35. The normalized spacial score (nSPS) is 14.3. The van der Waals surface area contributed by atoms with E-state index in [1.807, 2.05) is 0 Å². The molecule has 3 aromatic heterocycles. The van der Waals surface area contributed by atoms with Gasteiger partial charge in [-0.15, -0.1) is 0 Å². The lowest BCUT2D eigenvalue weighted by Gasteiger charge is -2.34. The molecule has 3 N–H and O–H groups in total. The first-order chi connectivity index (χ1) is 17.9. The zero-order valence-corrected chi connectivity index (χ0v) is 20.5. The topological polar surface area (TPSA) is 153 Å². The van der Waals surface area contributed by atoms with Crippen LogP contribution in [0.25, 0.3) is 11.3 Å². The summed E-state index contributed by atoms with van der Waals surface area (Å²) in [4.78, 5) is 61.2. The van der Waals surface area contributed by atoms with Crippen LogP contribution >= 0.6 is 0 Å². The average Bonchev–Trinajstić information content (AvgIpc) is 2.84. The van der Waals surface area contributed by atoms with Gasteiger partial charge in [-0.1, -0.05) is 6.92 Å². The van der Waals surface area contributed by atoms with E-state index < -0.39 is 35.2 Å². The van der Waals surface area contributed by atoms with Crippen molar-refractivity contribution in [1.29, 1.82) is 0 Å². The van der Waals surface area contributed by atoms with Crippen molar-refractivity contribution in [2.75, 3.05) is 17.2 Å². The van der Waals surface area contributed by atoms with Crippen molar-refractivity contribution in [3.8, 4) is 11.3 Å². The molecule has 12 nitrogen and oxygen atoms in total. The lowest BCUT2D eigenvalue weighted by Crippen LogP contribution is -2.52. The Hall–Kier alpha value is -4.40. The first-order valence-electron chi connectivity index (χ1n) is 11.4. The highest BCUT2D eigenvalue weighted by atomic mass is 19.4. The molecule has 0 aliphatic carbocycles. The number of carbonyl (C=O) groups is 2. The molecule has 0 radical (unpaired) electrons. The number of nitrogens with one attached hydrogen (secondary N) is 3. The Kier molecular flexibility index (Phi) is 7.13. The fraction of sp³-hybridized carbons (Fsp3) is 0.348. The van der Waals surface area contributed by atoms with Crippen molar-refractivity contribution in [3.05, 3.63) is 62.3 Å². The Bertz CT molecular complexity index is 1550. The molecule has 1 amide bonds. The van der Waals surface area contributed by atoms with Gasteiger partial charge in [0.05, 0.1) is 36.7 Å². The van der Waals surface area contributed by atoms with E-state index in [0.717, 1.165) is 10.8 Å². The quantitative estimate of drug-likeness (QED) is 0.390. The van der Waals surface area contributed by atoms with Crippen LogP contribution in [0.15, 0.2) is 34.2 Å². The Labute approximate surface area is 212 Å². The summed E-state index contributed by atoms with van der Waals surface area (Å²) < 4.78 is 41.0. The van der Waals surface area contributed by atoms with Gasteiger partial charge < -0.3 is 10.6 Å². The summed E-state index contributed by atoms with van der Waals surface area (Å²) in [6.07, 6.45) is -1.53. The standard InChI is InChI=1S/C23H23F3N8O4/c1-4-13(35)10-34-21(37)17-19(32-20(17)33(3)22(34)38)29-9-16(36)31-15-8-27-7-14(30-15)12-5-11(2)18(28-6-12)23(24,25)26/h5-8,19,29,32H,4,9-10H2,1-3H3,(H,30,31,36)/t19-/m0/s1. The first kappa shape index (κ1) is 26.7. The van der Waals surface area contributed by atoms with Crippen LogP contribution in [0.2, 0.25) is 0 Å². The summed E-state index contributed by atoms with van der Waals surface area (Å²) in [5.41, 5.74) is -1.62. The summed E-state index contributed by atoms with van der Waals surface area (Å²) in [6.45, 7) is 2.31. The molecular formula is C23H23F3N8O4. The van der Waals surface area contributed by atoms with E-state index in [4.69, 9.17) is 0 Å². The van der Waals surface area contributed by atoms with Gasteiger partial charge in [-0.25, -0.2) is 9.78 Å². The van der Waals surface area contributed by atoms with Gasteiger partial charge in [0.15, 0.2) is 11.6 Å². The molecule has 1 aliphatic heterocycles. The number of pyridine rings is 1. The van der Waals surface area contributed by atoms with Crippen LogP contribution in [0.5, 0.6) is 0 Å². The van der Waals surface area contributed by atoms with Crippen LogP contribution in [0, 0.1) is 6.92 Å². The van der Waals surface area contributed by atoms with Crippen molar-refractivity contribution < 1.29 is 22.8 Å². The number of aromatic nitrogens is 5. The smallest absolute Gasteiger partial charge is 0.351 e. The minimum Gasteiger partial charge on any atom is -0.351 e. The molecule has 0 saturated heterocycles. The summed E-state index contributed by atoms with van der Waals surface area (Å²) in [5, 5.41) is 8.27. The average molecular weight is 532 g/mol. The van der Waals surface area contributed by atoms with Gasteiger partial charge in [-0.05, 0) is 18.6 Å². The molecular weight excluding hydrogens is 509 g/mol. The van der Waals surface area contributed by atoms with Gasteiger partial charge in [-0.3, -0.25) is 38.8 Å². The molecule has 0 fully saturated rings. The lowest BCUT2D eigenvalue weighted by molar-refractivity contribution is -0.141. The number of rotatable bonds is 8. The second-order valence-corrected chi connectivity index (χ2v) is 8.57. The Morgan fingerprint density at radius 3 is 2.58 bits per heavy atom. The summed E-state index contributed by atoms with van der Waals surface area (Å²) in [6, 6.07) is 1.28. The monoisotopic (exact) mass is 532 g/mol. The van der Waals surface area contributed by atoms with Gasteiger partial charge in [0, 0.05) is 25.2 Å². The largest absolute Gasteiger partial charge is 0.433 e. The van der Waals surface area contributed by atoms with Crippen molar-refractivity contribution >= 4 is 23.3 Å². The Morgan fingerprint density at radius 2 is 1.92 bits per heavy atom. The number of anilines is 2. The number of nitrogens with zero attached hydrogens (tertiary/aromatic N) is 5. The Balaban J connectivity index is 1.44. The zero-order valence-electron chi connectivity index (χ0n) is 20.5. The van der Waals surface area contributed by atoms with Gasteiger partial charge in [-0.2, -0.15) is 13.2 Å². The van der Waals surface area contributed by atoms with E-state index in [9.17, 15) is 32.3 Å². The maximum Gasteiger partial charge on any atom is 0.433 e. The SMILES string of the molecule is CCC(=O)Cn1c(=O)c2c(n(C)c1=O)N[C@@H]2NCC(=O)Nc1cncc(-c2cnc(C(F)(F)F)c(C)c2)n1. The van der Waals surface area contributed by atoms with E-state index in [0.29, 0.717) is 0 Å². The predicted molar refractivity (Wildman–Crippen MR) is 129 cm³/mol. The number of amides is 1. The number of carbonyl (C=O) groups excluding carboxylic acids is 2. The van der Waals surface area contributed by atoms with Crippen molar-refractivity contribution in [3.63, 3.8) is 0 Å². The number of hydrogen-bond acceptors (Lipinski definition) is 9. The molecule has 0 saturated carbocycles. The molecule has 1 aliphatic rings. The van der Waals surface area contributed by atoms with Gasteiger partial charge in [0.25, 0.3) is 5.56 Å². The molecule has 0 spiro atoms. The third-order valence-electron chi connectivity index (χ3n) is 5.89. The number of fused-ring (bicyclic) bond motifs is 1. The molecule has 4 rings (SSSR count). The lowest BCUT2D eigenvalue weighted by atomic mass is 10.1. The molecule has 200 valence electrons. The van der Waals surface area contributed by atoms with Crippen LogP contribution < -0.4 is 27.2 Å². The third kappa shape index (κ3) is 5.18. The van der Waals surface area contributed by atoms with Gasteiger partial charge in [0.2, 0.25) is 5.91 Å². The second-order valence-electron chi connectivity index (χ2n) is 8.57. The molecule has 3 aromatic rings. The van der Waals surface area contributed by atoms with Crippen molar-refractivity contribution in [1.82, 2.24) is 29.4 Å². The van der Waals surface area contributed by atoms with Crippen LogP contribution in [0.4, 0.5) is 24.8 Å². The molecule has 1 atom stereocenters. The number of ketones is 1. The van der Waals surface area contributed by atoms with Crippen LogP contribution in [-0.2, 0) is 29.4 Å². The van der Waals surface area contributed by atoms with Crippen LogP contribution in [0.1, 0.15) is 36.3 Å². The van der Waals surface area contributed by atoms with Gasteiger partial charge in [0.1, 0.15) is 17.7 Å². The van der Waals surface area contributed by atoms with Crippen molar-refractivity contribution in [2.45, 2.75) is 39.2 Å². The predicted octanol–water partition coefficient (Wildman–Crippen LogP) is 1.36. The third-order valence-corrected chi connectivity index (χ3v) is 5.89. The highest BCUT2D eigenvalue weighted by Crippen LogP contribution is 2.32. The molecule has 4 heterocycles. The first-order valence-corrected chi connectivity index (χ1v) is 11.4. The van der Waals surface area contributed by atoms with E-state index in [1.54, 1.807) is 6.92 Å². The molecule has 0 aromatic carbocycles. The fourth-order valence-electron chi connectivity index (χ4n) is 3.90. The van der Waals surface area contributed by atoms with E-state index in [1.165, 1.54) is 37.0 Å². The Morgan fingerprint density at radius 1 is 1.18 bits per heavy atom. The molecule has 0 unspecified atom stereocenters. The van der Waals surface area contributed by atoms with Gasteiger partial charge >= 0.3 is 11.9 Å². The van der Waals surface area contributed by atoms with E-state index in [2.05, 4.69) is 30.9 Å².